The van der Waals surface area contributed by atoms with Gasteiger partial charge in [0.25, 0.3) is 0 Å². The maximum absolute atomic E-state index is 9.35. The van der Waals surface area contributed by atoms with E-state index in [1.54, 1.807) is 0 Å². The fraction of sp³-hybridized carbons (Fsp3) is 0.647. The Labute approximate surface area is 127 Å². The van der Waals surface area contributed by atoms with Crippen molar-refractivity contribution in [3.63, 3.8) is 0 Å². The minimum absolute atomic E-state index is 0.675. The maximum atomic E-state index is 9.35. The maximum Gasteiger partial charge on any atom is 0.144 e. The molecule has 1 aromatic rings. The highest BCUT2D eigenvalue weighted by molar-refractivity contribution is 5.54. The van der Waals surface area contributed by atoms with Crippen LogP contribution >= 0.6 is 0 Å². The second kappa shape index (κ2) is 6.44. The Hall–Kier alpha value is -1.60. The van der Waals surface area contributed by atoms with Crippen molar-refractivity contribution in [1.29, 1.82) is 5.26 Å². The van der Waals surface area contributed by atoms with Crippen molar-refractivity contribution >= 4 is 5.82 Å². The molecule has 0 bridgehead atoms. The van der Waals surface area contributed by atoms with E-state index in [-0.39, 0.29) is 0 Å². The lowest BCUT2D eigenvalue weighted by Gasteiger charge is -2.18. The van der Waals surface area contributed by atoms with E-state index in [1.165, 1.54) is 37.1 Å². The van der Waals surface area contributed by atoms with Crippen LogP contribution in [0.2, 0.25) is 0 Å². The van der Waals surface area contributed by atoms with Gasteiger partial charge >= 0.3 is 0 Å². The normalized spacial score (nSPS) is 21.8. The number of rotatable bonds is 4. The van der Waals surface area contributed by atoms with Crippen LogP contribution in [-0.2, 0) is 12.8 Å². The number of nitrogens with one attached hydrogen (secondary N) is 1. The highest BCUT2D eigenvalue weighted by Gasteiger charge is 2.22. The van der Waals surface area contributed by atoms with Gasteiger partial charge in [-0.15, -0.1) is 0 Å². The summed E-state index contributed by atoms with van der Waals surface area (Å²) in [5, 5.41) is 12.8. The van der Waals surface area contributed by atoms with Gasteiger partial charge in [0.05, 0.1) is 5.56 Å². The quantitative estimate of drug-likeness (QED) is 0.923. The predicted octanol–water partition coefficient (Wildman–Crippen LogP) is 2.59. The molecular weight excluding hydrogens is 260 g/mol. The minimum atomic E-state index is 0.675. The molecule has 2 aliphatic rings. The highest BCUT2D eigenvalue weighted by atomic mass is 15.1. The Morgan fingerprint density at radius 2 is 2.29 bits per heavy atom. The first kappa shape index (κ1) is 14.3. The average molecular weight is 284 g/mol. The fourth-order valence-electron chi connectivity index (χ4n) is 3.46. The lowest BCUT2D eigenvalue weighted by Crippen LogP contribution is -2.23. The van der Waals surface area contributed by atoms with Gasteiger partial charge in [-0.05, 0) is 62.7 Å². The summed E-state index contributed by atoms with van der Waals surface area (Å²) in [5.41, 5.74) is 3.19. The number of likely N-dealkylation sites (tertiary alicyclic amines) is 1. The summed E-state index contributed by atoms with van der Waals surface area (Å²) < 4.78 is 0. The number of pyridine rings is 1. The Kier molecular flexibility index (Phi) is 4.40. The van der Waals surface area contributed by atoms with Crippen LogP contribution in [0.1, 0.15) is 43.0 Å². The molecule has 0 amide bonds. The van der Waals surface area contributed by atoms with Crippen molar-refractivity contribution in [2.75, 3.05) is 31.5 Å². The zero-order valence-corrected chi connectivity index (χ0v) is 12.9. The van der Waals surface area contributed by atoms with Gasteiger partial charge in [0.2, 0.25) is 0 Å². The number of nitrogens with zero attached hydrogens (tertiary/aromatic N) is 3. The zero-order valence-electron chi connectivity index (χ0n) is 12.9. The van der Waals surface area contributed by atoms with E-state index >= 15 is 0 Å². The number of nitriles is 1. The molecule has 21 heavy (non-hydrogen) atoms. The molecule has 112 valence electrons. The molecule has 1 unspecified atom stereocenters. The molecule has 0 aromatic carbocycles. The number of hydrogen-bond acceptors (Lipinski definition) is 4. The van der Waals surface area contributed by atoms with Gasteiger partial charge in [-0.2, -0.15) is 5.26 Å². The molecule has 1 aliphatic carbocycles. The lowest BCUT2D eigenvalue weighted by molar-refractivity contribution is 0.345. The summed E-state index contributed by atoms with van der Waals surface area (Å²) >= 11 is 0. The number of hydrogen-bond donors (Lipinski definition) is 1. The highest BCUT2D eigenvalue weighted by Crippen LogP contribution is 2.25. The van der Waals surface area contributed by atoms with E-state index in [1.807, 2.05) is 0 Å². The molecule has 2 heterocycles. The van der Waals surface area contributed by atoms with Gasteiger partial charge in [-0.25, -0.2) is 4.98 Å². The van der Waals surface area contributed by atoms with Gasteiger partial charge < -0.3 is 10.2 Å². The lowest BCUT2D eigenvalue weighted by atomic mass is 9.95. The summed E-state index contributed by atoms with van der Waals surface area (Å²) in [6, 6.07) is 4.36. The monoisotopic (exact) mass is 284 g/mol. The molecule has 4 heteroatoms. The fourth-order valence-corrected chi connectivity index (χ4v) is 3.46. The zero-order chi connectivity index (χ0) is 14.7. The third kappa shape index (κ3) is 3.19. The van der Waals surface area contributed by atoms with Crippen molar-refractivity contribution in [2.45, 2.75) is 39.0 Å². The summed E-state index contributed by atoms with van der Waals surface area (Å²) in [6.07, 6.45) is 5.82. The molecule has 0 spiro atoms. The molecule has 0 saturated carbocycles. The molecular formula is C17H24N4. The van der Waals surface area contributed by atoms with Crippen molar-refractivity contribution in [3.05, 3.63) is 22.9 Å². The van der Waals surface area contributed by atoms with E-state index in [4.69, 9.17) is 4.98 Å². The van der Waals surface area contributed by atoms with Crippen molar-refractivity contribution < 1.29 is 0 Å². The number of fused-ring (bicyclic) bond motifs is 1. The summed E-state index contributed by atoms with van der Waals surface area (Å²) in [6.45, 7) is 6.64. The Bertz CT molecular complexity index is 546. The van der Waals surface area contributed by atoms with E-state index in [9.17, 15) is 5.26 Å². The average Bonchev–Trinajstić information content (AvgIpc) is 3.00. The number of anilines is 1. The third-order valence-corrected chi connectivity index (χ3v) is 4.80. The molecule has 0 radical (unpaired) electrons. The first-order chi connectivity index (χ1) is 10.3. The van der Waals surface area contributed by atoms with Crippen LogP contribution in [0.15, 0.2) is 6.07 Å². The predicted molar refractivity (Wildman–Crippen MR) is 84.3 cm³/mol. The number of aryl methyl sites for hydroxylation is 2. The van der Waals surface area contributed by atoms with Crippen molar-refractivity contribution in [2.24, 2.45) is 5.92 Å². The van der Waals surface area contributed by atoms with Crippen LogP contribution in [0.25, 0.3) is 0 Å². The van der Waals surface area contributed by atoms with Crippen molar-refractivity contribution in [3.8, 4) is 6.07 Å². The Morgan fingerprint density at radius 1 is 1.43 bits per heavy atom. The largest absolute Gasteiger partial charge is 0.369 e. The Balaban J connectivity index is 1.69. The molecule has 4 nitrogen and oxygen atoms in total. The standard InChI is InChI=1S/C17H24N4/c1-2-21-8-7-13(12-21)11-19-17-15(10-18)9-14-5-3-4-6-16(14)20-17/h9,13H,2-8,11-12H2,1H3,(H,19,20). The molecule has 1 N–H and O–H groups in total. The van der Waals surface area contributed by atoms with Gasteiger partial charge in [-0.1, -0.05) is 6.92 Å². The molecule has 1 fully saturated rings. The minimum Gasteiger partial charge on any atom is -0.369 e. The smallest absolute Gasteiger partial charge is 0.144 e. The van der Waals surface area contributed by atoms with Crippen LogP contribution in [0, 0.1) is 17.2 Å². The first-order valence-corrected chi connectivity index (χ1v) is 8.19. The van der Waals surface area contributed by atoms with E-state index in [2.05, 4.69) is 29.3 Å². The molecule has 3 rings (SSSR count). The van der Waals surface area contributed by atoms with Crippen LogP contribution < -0.4 is 5.32 Å². The third-order valence-electron chi connectivity index (χ3n) is 4.80. The van der Waals surface area contributed by atoms with Gasteiger partial charge in [0, 0.05) is 18.8 Å². The molecule has 1 aliphatic heterocycles. The van der Waals surface area contributed by atoms with Crippen LogP contribution in [0.3, 0.4) is 0 Å². The van der Waals surface area contributed by atoms with Crippen LogP contribution in [0.5, 0.6) is 0 Å². The van der Waals surface area contributed by atoms with E-state index in [0.717, 1.165) is 38.3 Å². The first-order valence-electron chi connectivity index (χ1n) is 8.19. The Morgan fingerprint density at radius 3 is 3.05 bits per heavy atom. The van der Waals surface area contributed by atoms with Gasteiger partial charge in [0.15, 0.2) is 0 Å². The summed E-state index contributed by atoms with van der Waals surface area (Å²) in [4.78, 5) is 7.22. The molecule has 1 atom stereocenters. The second-order valence-corrected chi connectivity index (χ2v) is 6.24. The van der Waals surface area contributed by atoms with E-state index in [0.29, 0.717) is 11.5 Å². The van der Waals surface area contributed by atoms with Gasteiger partial charge in [-0.3, -0.25) is 0 Å². The van der Waals surface area contributed by atoms with Crippen LogP contribution in [0.4, 0.5) is 5.82 Å². The summed E-state index contributed by atoms with van der Waals surface area (Å²) in [5.74, 6) is 1.47. The number of aromatic nitrogens is 1. The topological polar surface area (TPSA) is 52.0 Å². The van der Waals surface area contributed by atoms with Crippen molar-refractivity contribution in [1.82, 2.24) is 9.88 Å². The van der Waals surface area contributed by atoms with Crippen LogP contribution in [-0.4, -0.2) is 36.1 Å². The molecule has 1 aromatic heterocycles. The summed E-state index contributed by atoms with van der Waals surface area (Å²) in [7, 11) is 0. The van der Waals surface area contributed by atoms with Gasteiger partial charge in [0.1, 0.15) is 11.9 Å². The molecule has 1 saturated heterocycles. The SMILES string of the molecule is CCN1CCC(CNc2nc3c(cc2C#N)CCCC3)C1. The second-order valence-electron chi connectivity index (χ2n) is 6.24. The van der Waals surface area contributed by atoms with E-state index < -0.39 is 0 Å².